The maximum absolute atomic E-state index is 10.8. The van der Waals surface area contributed by atoms with Crippen molar-refractivity contribution in [3.8, 4) is 0 Å². The van der Waals surface area contributed by atoms with Gasteiger partial charge in [0.15, 0.2) is 0 Å². The molecule has 12 heavy (non-hydrogen) atoms. The number of carbonyl (C=O) groups is 1. The number of guanidine groups is 1. The summed E-state index contributed by atoms with van der Waals surface area (Å²) in [7, 11) is 5.86. The van der Waals surface area contributed by atoms with Crippen LogP contribution in [-0.4, -0.2) is 52.1 Å². The van der Waals surface area contributed by atoms with Gasteiger partial charge in [0.1, 0.15) is 30.1 Å². The predicted molar refractivity (Wildman–Crippen MR) is 52.8 cm³/mol. The summed E-state index contributed by atoms with van der Waals surface area (Å²) in [6, 6.07) is 0. The Balaban J connectivity index is 2.83. The quantitative estimate of drug-likeness (QED) is 0.314. The van der Waals surface area contributed by atoms with Crippen LogP contribution in [0.3, 0.4) is 0 Å². The molecule has 0 amide bonds. The molecule has 0 saturated carbocycles. The van der Waals surface area contributed by atoms with Crippen LogP contribution in [0.1, 0.15) is 0 Å². The molecule has 0 aromatic heterocycles. The summed E-state index contributed by atoms with van der Waals surface area (Å²) in [5, 5.41) is 3.23. The maximum Gasteiger partial charge on any atom is 0.354 e. The molecular weight excluding hydrogens is 154 g/mol. The number of nitrogens with zero attached hydrogens (tertiary/aromatic N) is 2. The van der Waals surface area contributed by atoms with Gasteiger partial charge in [-0.05, 0) is 10.4 Å². The van der Waals surface area contributed by atoms with E-state index in [4.69, 9.17) is 5.73 Å². The third-order valence-electron chi connectivity index (χ3n) is 1.61. The van der Waals surface area contributed by atoms with E-state index < -0.39 is 0 Å². The maximum atomic E-state index is 10.8. The lowest BCUT2D eigenvalue weighted by atomic mass is 9.48. The Morgan fingerprint density at radius 3 is 2.58 bits per heavy atom. The highest BCUT2D eigenvalue weighted by Crippen LogP contribution is 2.06. The molecule has 0 bridgehead atoms. The Morgan fingerprint density at radius 1 is 1.58 bits per heavy atom. The zero-order valence-corrected chi connectivity index (χ0v) is 7.50. The second kappa shape index (κ2) is 2.77. The van der Waals surface area contributed by atoms with Crippen molar-refractivity contribution in [1.82, 2.24) is 4.90 Å². The van der Waals surface area contributed by atoms with E-state index >= 15 is 0 Å². The number of hydrogen-bond acceptors (Lipinski definition) is 5. The molecule has 1 aliphatic heterocycles. The molecule has 0 radical (unpaired) electrons. The van der Waals surface area contributed by atoms with E-state index in [9.17, 15) is 4.79 Å². The van der Waals surface area contributed by atoms with Crippen LogP contribution >= 0.6 is 0 Å². The van der Waals surface area contributed by atoms with Gasteiger partial charge in [-0.25, -0.2) is 4.79 Å². The molecule has 0 aliphatic carbocycles. The summed E-state index contributed by atoms with van der Waals surface area (Å²) >= 11 is 0. The monoisotopic (exact) mass is 165 g/mol. The Kier molecular flexibility index (Phi) is 2.08. The van der Waals surface area contributed by atoms with Gasteiger partial charge in [-0.2, -0.15) is 0 Å². The van der Waals surface area contributed by atoms with E-state index in [0.29, 0.717) is 0 Å². The van der Waals surface area contributed by atoms with Crippen LogP contribution in [0, 0.1) is 0 Å². The van der Waals surface area contributed by atoms with E-state index in [0.717, 1.165) is 0 Å². The highest BCUT2D eigenvalue weighted by Gasteiger charge is 2.29. The SMILES string of the molecule is BC(B)(B)N1CC(=O)ON=C1N. The van der Waals surface area contributed by atoms with Gasteiger partial charge in [-0.3, -0.25) is 0 Å². The Labute approximate surface area is 73.5 Å². The summed E-state index contributed by atoms with van der Waals surface area (Å²) < 4.78 is 0. The van der Waals surface area contributed by atoms with Gasteiger partial charge in [-0.15, -0.1) is 0 Å². The van der Waals surface area contributed by atoms with Crippen molar-refractivity contribution in [2.45, 2.75) is 5.24 Å². The van der Waals surface area contributed by atoms with Crippen LogP contribution in [0.5, 0.6) is 0 Å². The molecule has 2 N–H and O–H groups in total. The average molecular weight is 165 g/mol. The number of oxime groups is 1. The number of carbonyl (C=O) groups excluding carboxylic acids is 1. The molecule has 0 saturated heterocycles. The first kappa shape index (κ1) is 9.03. The molecule has 0 aromatic rings. The number of nitrogens with two attached hydrogens (primary N) is 1. The molecule has 1 rings (SSSR count). The van der Waals surface area contributed by atoms with Crippen LogP contribution in [-0.2, 0) is 9.63 Å². The van der Waals surface area contributed by atoms with Crippen LogP contribution in [0.2, 0.25) is 0 Å². The molecule has 0 atom stereocenters. The largest absolute Gasteiger partial charge is 0.367 e. The fraction of sp³-hybridized carbons (Fsp3) is 0.500. The smallest absolute Gasteiger partial charge is 0.354 e. The van der Waals surface area contributed by atoms with Crippen LogP contribution < -0.4 is 5.73 Å². The minimum atomic E-state index is -0.376. The molecule has 0 spiro atoms. The Bertz CT molecular complexity index is 236. The molecule has 5 nitrogen and oxygen atoms in total. The standard InChI is InChI=1S/C4H10B3N3O2/c5-4(6,7)10-1-2(11)12-9-3(10)8/h1,5-7H2,(H2,8,9). The molecule has 0 unspecified atom stereocenters. The lowest BCUT2D eigenvalue weighted by molar-refractivity contribution is -0.146. The molecule has 8 heteroatoms. The highest BCUT2D eigenvalue weighted by atomic mass is 16.7. The third-order valence-corrected chi connectivity index (χ3v) is 1.61. The minimum absolute atomic E-state index is 0.166. The van der Waals surface area contributed by atoms with Gasteiger partial charge in [-0.1, -0.05) is 0 Å². The van der Waals surface area contributed by atoms with Crippen LogP contribution in [0.4, 0.5) is 0 Å². The van der Waals surface area contributed by atoms with Gasteiger partial charge in [0.2, 0.25) is 5.96 Å². The molecular formula is C4H10B3N3O2. The fourth-order valence-corrected chi connectivity index (χ4v) is 0.967. The van der Waals surface area contributed by atoms with Crippen molar-refractivity contribution < 1.29 is 9.63 Å². The van der Waals surface area contributed by atoms with Gasteiger partial charge in [0.25, 0.3) is 0 Å². The van der Waals surface area contributed by atoms with Crippen molar-refractivity contribution in [2.75, 3.05) is 6.54 Å². The Hall–Kier alpha value is -1.07. The third kappa shape index (κ3) is 1.75. The summed E-state index contributed by atoms with van der Waals surface area (Å²) in [5.74, 6) is -0.124. The first-order valence-corrected chi connectivity index (χ1v) is 3.72. The van der Waals surface area contributed by atoms with Gasteiger partial charge < -0.3 is 15.5 Å². The molecule has 62 valence electrons. The summed E-state index contributed by atoms with van der Waals surface area (Å²) in [4.78, 5) is 16.9. The summed E-state index contributed by atoms with van der Waals surface area (Å²) in [6.07, 6.45) is 0. The zero-order valence-electron chi connectivity index (χ0n) is 7.50. The first-order chi connectivity index (χ1) is 5.41. The van der Waals surface area contributed by atoms with E-state index in [1.165, 1.54) is 0 Å². The van der Waals surface area contributed by atoms with Crippen molar-refractivity contribution >= 4 is 35.5 Å². The molecule has 1 aliphatic rings. The van der Waals surface area contributed by atoms with Gasteiger partial charge >= 0.3 is 5.97 Å². The summed E-state index contributed by atoms with van der Waals surface area (Å²) in [5.41, 5.74) is 5.53. The number of hydrogen-bond donors (Lipinski definition) is 1. The predicted octanol–water partition coefficient (Wildman–Crippen LogP) is -4.41. The lowest BCUT2D eigenvalue weighted by Crippen LogP contribution is -2.59. The van der Waals surface area contributed by atoms with Crippen molar-refractivity contribution in [2.24, 2.45) is 10.9 Å². The van der Waals surface area contributed by atoms with E-state index in [2.05, 4.69) is 9.99 Å². The second-order valence-electron chi connectivity index (χ2n) is 3.67. The Morgan fingerprint density at radius 2 is 2.17 bits per heavy atom. The van der Waals surface area contributed by atoms with Gasteiger partial charge in [0, 0.05) is 0 Å². The van der Waals surface area contributed by atoms with E-state index in [1.54, 1.807) is 4.90 Å². The fourth-order valence-electron chi connectivity index (χ4n) is 0.967. The summed E-state index contributed by atoms with van der Waals surface area (Å²) in [6.45, 7) is 0.166. The van der Waals surface area contributed by atoms with Crippen LogP contribution in [0.25, 0.3) is 0 Å². The van der Waals surface area contributed by atoms with E-state index in [-0.39, 0.29) is 23.7 Å². The van der Waals surface area contributed by atoms with Crippen molar-refractivity contribution in [3.63, 3.8) is 0 Å². The average Bonchev–Trinajstić information content (AvgIpc) is 1.92. The van der Waals surface area contributed by atoms with Crippen LogP contribution in [0.15, 0.2) is 5.16 Å². The molecule has 1 heterocycles. The van der Waals surface area contributed by atoms with E-state index in [1.807, 2.05) is 23.5 Å². The van der Waals surface area contributed by atoms with Gasteiger partial charge in [0.05, 0.1) is 0 Å². The molecule has 0 aromatic carbocycles. The minimum Gasteiger partial charge on any atom is -0.367 e. The van der Waals surface area contributed by atoms with Crippen molar-refractivity contribution in [1.29, 1.82) is 0 Å². The van der Waals surface area contributed by atoms with Crippen molar-refractivity contribution in [3.05, 3.63) is 0 Å². The zero-order chi connectivity index (χ0) is 9.35. The number of rotatable bonds is 1. The second-order valence-corrected chi connectivity index (χ2v) is 3.67. The molecule has 0 fully saturated rings. The topological polar surface area (TPSA) is 67.9 Å². The first-order valence-electron chi connectivity index (χ1n) is 3.72. The highest BCUT2D eigenvalue weighted by molar-refractivity contribution is 6.59. The lowest BCUT2D eigenvalue weighted by Gasteiger charge is -2.37. The normalized spacial score (nSPS) is 18.5.